The smallest absolute Gasteiger partial charge is 0.247 e. The molecule has 2 fully saturated rings. The fourth-order valence-electron chi connectivity index (χ4n) is 5.73. The number of hydrogen-bond donors (Lipinski definition) is 6. The fourth-order valence-corrected chi connectivity index (χ4v) is 6.95. The Morgan fingerprint density at radius 1 is 1.07 bits per heavy atom. The Hall–Kier alpha value is -2.68. The molecule has 5 atom stereocenters. The SMILES string of the molecule is CC(C)c1[nH]nc(O[C@@H]2S[C@H](CO)[C@@H](O)[C@H](O)[C@H]2O)c1Cc1ccc(CCCC(=O)NC(C)(C)C(=O)N2CCN(C)CC2)cc1. The van der Waals surface area contributed by atoms with Gasteiger partial charge in [0.1, 0.15) is 17.7 Å². The highest BCUT2D eigenvalue weighted by Gasteiger charge is 2.45. The third-order valence-electron chi connectivity index (χ3n) is 8.56. The second-order valence-corrected chi connectivity index (χ2v) is 14.3. The van der Waals surface area contributed by atoms with Crippen LogP contribution in [-0.4, -0.2) is 127 Å². The van der Waals surface area contributed by atoms with Crippen molar-refractivity contribution < 1.29 is 34.8 Å². The minimum Gasteiger partial charge on any atom is -0.459 e. The highest BCUT2D eigenvalue weighted by atomic mass is 32.2. The van der Waals surface area contributed by atoms with E-state index in [1.807, 2.05) is 50.1 Å². The molecule has 4 rings (SSSR count). The molecule has 1 aromatic heterocycles. The lowest BCUT2D eigenvalue weighted by atomic mass is 9.98. The van der Waals surface area contributed by atoms with E-state index in [1.165, 1.54) is 0 Å². The molecule has 45 heavy (non-hydrogen) atoms. The quantitative estimate of drug-likeness (QED) is 0.195. The summed E-state index contributed by atoms with van der Waals surface area (Å²) in [6, 6.07) is 8.13. The molecule has 2 saturated heterocycles. The zero-order chi connectivity index (χ0) is 32.9. The zero-order valence-electron chi connectivity index (χ0n) is 26.9. The topological polar surface area (TPSA) is 171 Å². The number of nitrogens with one attached hydrogen (secondary N) is 2. The molecule has 1 aromatic carbocycles. The van der Waals surface area contributed by atoms with Gasteiger partial charge in [0.15, 0.2) is 5.44 Å². The molecule has 3 heterocycles. The van der Waals surface area contributed by atoms with Gasteiger partial charge in [-0.05, 0) is 50.8 Å². The van der Waals surface area contributed by atoms with Crippen molar-refractivity contribution in [1.29, 1.82) is 0 Å². The molecule has 0 saturated carbocycles. The first-order valence-corrected chi connectivity index (χ1v) is 16.7. The summed E-state index contributed by atoms with van der Waals surface area (Å²) < 4.78 is 6.06. The maximum atomic E-state index is 13.0. The summed E-state index contributed by atoms with van der Waals surface area (Å²) in [5.74, 6) is 0.241. The summed E-state index contributed by atoms with van der Waals surface area (Å²) in [5.41, 5.74) is 1.97. The second-order valence-electron chi connectivity index (χ2n) is 13.0. The number of aliphatic hydroxyl groups is 4. The summed E-state index contributed by atoms with van der Waals surface area (Å²) in [7, 11) is 2.04. The number of ether oxygens (including phenoxy) is 1. The molecular formula is C32H49N5O7S. The van der Waals surface area contributed by atoms with Gasteiger partial charge in [0.05, 0.1) is 18.0 Å². The standard InChI is InChI=1S/C32H49N5O7S/c1-19(2)25-22(29(35-34-25)44-30-28(42)27(41)26(40)23(18-38)45-30)17-21-11-9-20(10-12-21)7-6-8-24(39)33-32(3,4)31(43)37-15-13-36(5)14-16-37/h9-12,19,23,26-28,30,38,40-42H,6-8,13-18H2,1-5H3,(H,33,39)(H,34,35)/t23-,26-,27+,28-,30-/m1/s1. The number of amides is 2. The first-order chi connectivity index (χ1) is 21.3. The van der Waals surface area contributed by atoms with Crippen molar-refractivity contribution in [2.24, 2.45) is 0 Å². The molecule has 250 valence electrons. The van der Waals surface area contributed by atoms with Crippen LogP contribution in [0.25, 0.3) is 0 Å². The Balaban J connectivity index is 1.32. The van der Waals surface area contributed by atoms with Crippen LogP contribution in [-0.2, 0) is 22.4 Å². The van der Waals surface area contributed by atoms with Crippen molar-refractivity contribution >= 4 is 23.6 Å². The van der Waals surface area contributed by atoms with E-state index in [-0.39, 0.29) is 24.3 Å². The number of H-pyrrole nitrogens is 1. The van der Waals surface area contributed by atoms with Crippen molar-refractivity contribution in [1.82, 2.24) is 25.3 Å². The van der Waals surface area contributed by atoms with Crippen LogP contribution >= 0.6 is 11.8 Å². The van der Waals surface area contributed by atoms with E-state index in [0.717, 1.165) is 53.7 Å². The van der Waals surface area contributed by atoms with Crippen LogP contribution in [0.5, 0.6) is 5.88 Å². The number of rotatable bonds is 12. The Bertz CT molecular complexity index is 1280. The van der Waals surface area contributed by atoms with E-state index < -0.39 is 34.5 Å². The van der Waals surface area contributed by atoms with Crippen molar-refractivity contribution in [2.45, 2.75) is 93.8 Å². The predicted molar refractivity (Wildman–Crippen MR) is 172 cm³/mol. The van der Waals surface area contributed by atoms with Gasteiger partial charge in [0.2, 0.25) is 17.7 Å². The van der Waals surface area contributed by atoms with Crippen LogP contribution in [0.3, 0.4) is 0 Å². The highest BCUT2D eigenvalue weighted by Crippen LogP contribution is 2.36. The third kappa shape index (κ3) is 8.78. The number of nitrogens with zero attached hydrogens (tertiary/aromatic N) is 3. The normalized spacial score (nSPS) is 24.6. The van der Waals surface area contributed by atoms with Crippen molar-refractivity contribution in [3.63, 3.8) is 0 Å². The van der Waals surface area contributed by atoms with Gasteiger partial charge in [0.25, 0.3) is 0 Å². The van der Waals surface area contributed by atoms with Gasteiger partial charge in [-0.2, -0.15) is 0 Å². The fraction of sp³-hybridized carbons (Fsp3) is 0.656. The molecule has 2 aliphatic rings. The van der Waals surface area contributed by atoms with Crippen molar-refractivity contribution in [2.75, 3.05) is 39.8 Å². The lowest BCUT2D eigenvalue weighted by Crippen LogP contribution is -2.59. The molecule has 12 nitrogen and oxygen atoms in total. The number of piperazine rings is 1. The number of hydrogen-bond acceptors (Lipinski definition) is 10. The van der Waals surface area contributed by atoms with Gasteiger partial charge >= 0.3 is 0 Å². The summed E-state index contributed by atoms with van der Waals surface area (Å²) in [4.78, 5) is 29.7. The highest BCUT2D eigenvalue weighted by molar-refractivity contribution is 8.00. The van der Waals surface area contributed by atoms with E-state index in [0.29, 0.717) is 38.2 Å². The van der Waals surface area contributed by atoms with Gasteiger partial charge in [-0.25, -0.2) is 0 Å². The molecule has 0 bridgehead atoms. The number of aliphatic hydroxyl groups excluding tert-OH is 4. The lowest BCUT2D eigenvalue weighted by molar-refractivity contribution is -0.141. The Labute approximate surface area is 269 Å². The molecule has 0 aliphatic carbocycles. The van der Waals surface area contributed by atoms with E-state index in [4.69, 9.17) is 4.74 Å². The minimum atomic E-state index is -1.45. The monoisotopic (exact) mass is 647 g/mol. The number of likely N-dealkylation sites (N-methyl/N-ethyl adjacent to an activating group) is 1. The average molecular weight is 648 g/mol. The van der Waals surface area contributed by atoms with Crippen LogP contribution in [0.2, 0.25) is 0 Å². The number of thioether (sulfide) groups is 1. The van der Waals surface area contributed by atoms with E-state index in [9.17, 15) is 30.0 Å². The Kier molecular flexibility index (Phi) is 11.9. The van der Waals surface area contributed by atoms with Crippen LogP contribution in [0.4, 0.5) is 0 Å². The molecule has 13 heteroatoms. The molecule has 6 N–H and O–H groups in total. The van der Waals surface area contributed by atoms with Gasteiger partial charge in [-0.3, -0.25) is 14.7 Å². The van der Waals surface area contributed by atoms with E-state index >= 15 is 0 Å². The third-order valence-corrected chi connectivity index (χ3v) is 9.99. The molecule has 0 unspecified atom stereocenters. The van der Waals surface area contributed by atoms with Crippen LogP contribution < -0.4 is 10.1 Å². The largest absolute Gasteiger partial charge is 0.459 e. The summed E-state index contributed by atoms with van der Waals surface area (Å²) >= 11 is 1.07. The summed E-state index contributed by atoms with van der Waals surface area (Å²) in [6.07, 6.45) is -1.87. The predicted octanol–water partition coefficient (Wildman–Crippen LogP) is 1.01. The number of aromatic nitrogens is 2. The number of carbonyl (C=O) groups excluding carboxylic acids is 2. The molecule has 0 radical (unpaired) electrons. The summed E-state index contributed by atoms with van der Waals surface area (Å²) in [5, 5.41) is 50.2. The number of benzene rings is 1. The van der Waals surface area contributed by atoms with Crippen LogP contribution in [0.15, 0.2) is 24.3 Å². The van der Waals surface area contributed by atoms with Gasteiger partial charge in [-0.1, -0.05) is 38.1 Å². The molecule has 2 amide bonds. The Morgan fingerprint density at radius 2 is 1.71 bits per heavy atom. The number of carbonyl (C=O) groups is 2. The maximum Gasteiger partial charge on any atom is 0.247 e. The van der Waals surface area contributed by atoms with E-state index in [2.05, 4.69) is 20.4 Å². The lowest BCUT2D eigenvalue weighted by Gasteiger charge is -2.38. The van der Waals surface area contributed by atoms with Crippen LogP contribution in [0, 0.1) is 0 Å². The van der Waals surface area contributed by atoms with Gasteiger partial charge in [0, 0.05) is 50.3 Å². The molecule has 2 aromatic rings. The van der Waals surface area contributed by atoms with Crippen LogP contribution in [0.1, 0.15) is 68.8 Å². The first-order valence-electron chi connectivity index (χ1n) is 15.7. The Morgan fingerprint density at radius 3 is 2.33 bits per heavy atom. The molecule has 2 aliphatic heterocycles. The summed E-state index contributed by atoms with van der Waals surface area (Å²) in [6.45, 7) is 10.2. The van der Waals surface area contributed by atoms with Gasteiger partial charge in [-0.15, -0.1) is 16.9 Å². The van der Waals surface area contributed by atoms with Crippen molar-refractivity contribution in [3.05, 3.63) is 46.6 Å². The van der Waals surface area contributed by atoms with Crippen molar-refractivity contribution in [3.8, 4) is 5.88 Å². The molecular weight excluding hydrogens is 598 g/mol. The number of aryl methyl sites for hydroxylation is 1. The first kappa shape index (κ1) is 35.2. The average Bonchev–Trinajstić information content (AvgIpc) is 3.40. The maximum absolute atomic E-state index is 13.0. The number of aromatic amines is 1. The van der Waals surface area contributed by atoms with E-state index in [1.54, 1.807) is 13.8 Å². The minimum absolute atomic E-state index is 0.0502. The second kappa shape index (κ2) is 15.3. The van der Waals surface area contributed by atoms with Gasteiger partial charge < -0.3 is 40.3 Å². The zero-order valence-corrected chi connectivity index (χ0v) is 27.7. The molecule has 0 spiro atoms.